The maximum Gasteiger partial charge on any atom is 0.227 e. The Bertz CT molecular complexity index is 710. The third-order valence-corrected chi connectivity index (χ3v) is 2.92. The van der Waals surface area contributed by atoms with Gasteiger partial charge in [-0.15, -0.1) is 0 Å². The number of nitrogens with two attached hydrogens (primary N) is 1. The zero-order chi connectivity index (χ0) is 13.8. The van der Waals surface area contributed by atoms with Crippen LogP contribution in [0.2, 0.25) is 0 Å². The molecule has 4 heteroatoms. The molecule has 0 fully saturated rings. The highest BCUT2D eigenvalue weighted by Crippen LogP contribution is 2.24. The molecule has 1 aromatic heterocycles. The molecule has 0 amide bonds. The van der Waals surface area contributed by atoms with Crippen LogP contribution in [0.4, 0.5) is 17.3 Å². The van der Waals surface area contributed by atoms with Crippen LogP contribution in [0, 0.1) is 0 Å². The van der Waals surface area contributed by atoms with Crippen molar-refractivity contribution < 1.29 is 0 Å². The van der Waals surface area contributed by atoms with E-state index in [1.54, 1.807) is 6.20 Å². The molecule has 0 saturated heterocycles. The molecule has 1 heterocycles. The molecule has 0 spiro atoms. The molecule has 0 bridgehead atoms. The highest BCUT2D eigenvalue weighted by Gasteiger charge is 2.05. The third-order valence-electron chi connectivity index (χ3n) is 2.92. The van der Waals surface area contributed by atoms with E-state index in [9.17, 15) is 0 Å². The standard InChI is InChI=1S/C16H14N4/c17-14-9-5-4-8-13(14)15-10-11-18-16(20-15)19-12-6-2-1-3-7-12/h1-11H,17H2,(H,18,19,20). The van der Waals surface area contributed by atoms with Crippen molar-refractivity contribution in [3.8, 4) is 11.3 Å². The number of anilines is 3. The van der Waals surface area contributed by atoms with E-state index in [-0.39, 0.29) is 0 Å². The lowest BCUT2D eigenvalue weighted by molar-refractivity contribution is 1.17. The first kappa shape index (κ1) is 12.2. The summed E-state index contributed by atoms with van der Waals surface area (Å²) in [5.41, 5.74) is 9.34. The van der Waals surface area contributed by atoms with Crippen molar-refractivity contribution in [2.75, 3.05) is 11.1 Å². The van der Waals surface area contributed by atoms with Gasteiger partial charge < -0.3 is 11.1 Å². The van der Waals surface area contributed by atoms with Gasteiger partial charge >= 0.3 is 0 Å². The van der Waals surface area contributed by atoms with Crippen LogP contribution in [0.5, 0.6) is 0 Å². The monoisotopic (exact) mass is 262 g/mol. The van der Waals surface area contributed by atoms with Crippen molar-refractivity contribution in [3.63, 3.8) is 0 Å². The number of nitrogens with zero attached hydrogens (tertiary/aromatic N) is 2. The smallest absolute Gasteiger partial charge is 0.227 e. The number of benzene rings is 2. The topological polar surface area (TPSA) is 63.8 Å². The Hall–Kier alpha value is -2.88. The predicted octanol–water partition coefficient (Wildman–Crippen LogP) is 3.47. The molecule has 3 rings (SSSR count). The molecular formula is C16H14N4. The van der Waals surface area contributed by atoms with Gasteiger partial charge in [0, 0.05) is 23.1 Å². The Morgan fingerprint density at radius 3 is 2.40 bits per heavy atom. The van der Waals surface area contributed by atoms with E-state index in [0.29, 0.717) is 11.6 Å². The number of hydrogen-bond acceptors (Lipinski definition) is 4. The summed E-state index contributed by atoms with van der Waals surface area (Å²) >= 11 is 0. The van der Waals surface area contributed by atoms with Crippen LogP contribution in [-0.2, 0) is 0 Å². The maximum atomic E-state index is 5.97. The van der Waals surface area contributed by atoms with Crippen LogP contribution < -0.4 is 11.1 Å². The normalized spacial score (nSPS) is 10.2. The maximum absolute atomic E-state index is 5.97. The van der Waals surface area contributed by atoms with Crippen LogP contribution in [0.3, 0.4) is 0 Å². The second-order valence-electron chi connectivity index (χ2n) is 4.34. The molecule has 0 aliphatic heterocycles. The van der Waals surface area contributed by atoms with E-state index in [0.717, 1.165) is 16.9 Å². The molecule has 0 unspecified atom stereocenters. The predicted molar refractivity (Wildman–Crippen MR) is 81.6 cm³/mol. The molecule has 3 aromatic rings. The summed E-state index contributed by atoms with van der Waals surface area (Å²) in [6.07, 6.45) is 1.72. The summed E-state index contributed by atoms with van der Waals surface area (Å²) in [6, 6.07) is 19.3. The summed E-state index contributed by atoms with van der Waals surface area (Å²) in [4.78, 5) is 8.72. The van der Waals surface area contributed by atoms with Gasteiger partial charge in [-0.2, -0.15) is 0 Å². The van der Waals surface area contributed by atoms with Gasteiger partial charge in [0.05, 0.1) is 5.69 Å². The first-order valence-corrected chi connectivity index (χ1v) is 6.33. The number of hydrogen-bond donors (Lipinski definition) is 2. The fourth-order valence-corrected chi connectivity index (χ4v) is 1.95. The summed E-state index contributed by atoms with van der Waals surface area (Å²) in [6.45, 7) is 0. The lowest BCUT2D eigenvalue weighted by Gasteiger charge is -2.08. The number of nitrogen functional groups attached to an aromatic ring is 1. The molecule has 3 N–H and O–H groups in total. The van der Waals surface area contributed by atoms with Crippen LogP contribution in [-0.4, -0.2) is 9.97 Å². The Labute approximate surface area is 117 Å². The number of para-hydroxylation sites is 2. The Balaban J connectivity index is 1.92. The van der Waals surface area contributed by atoms with Gasteiger partial charge in [-0.1, -0.05) is 36.4 Å². The van der Waals surface area contributed by atoms with Gasteiger partial charge in [0.2, 0.25) is 5.95 Å². The Morgan fingerprint density at radius 1 is 0.850 bits per heavy atom. The first-order chi connectivity index (χ1) is 9.83. The minimum Gasteiger partial charge on any atom is -0.398 e. The van der Waals surface area contributed by atoms with Crippen molar-refractivity contribution in [2.24, 2.45) is 0 Å². The third kappa shape index (κ3) is 2.59. The van der Waals surface area contributed by atoms with E-state index >= 15 is 0 Å². The number of nitrogens with one attached hydrogen (secondary N) is 1. The van der Waals surface area contributed by atoms with Crippen LogP contribution in [0.25, 0.3) is 11.3 Å². The molecule has 2 aromatic carbocycles. The van der Waals surface area contributed by atoms with Crippen molar-refractivity contribution in [1.82, 2.24) is 9.97 Å². The van der Waals surface area contributed by atoms with Crippen molar-refractivity contribution in [3.05, 3.63) is 66.9 Å². The Morgan fingerprint density at radius 2 is 1.60 bits per heavy atom. The number of rotatable bonds is 3. The fourth-order valence-electron chi connectivity index (χ4n) is 1.95. The molecule has 4 nitrogen and oxygen atoms in total. The lowest BCUT2D eigenvalue weighted by atomic mass is 10.1. The van der Waals surface area contributed by atoms with Gasteiger partial charge in [-0.05, 0) is 24.3 Å². The summed E-state index contributed by atoms with van der Waals surface area (Å²) in [7, 11) is 0. The van der Waals surface area contributed by atoms with Gasteiger partial charge in [0.25, 0.3) is 0 Å². The van der Waals surface area contributed by atoms with Crippen molar-refractivity contribution >= 4 is 17.3 Å². The average molecular weight is 262 g/mol. The average Bonchev–Trinajstić information content (AvgIpc) is 2.49. The molecule has 0 radical (unpaired) electrons. The summed E-state index contributed by atoms with van der Waals surface area (Å²) < 4.78 is 0. The van der Waals surface area contributed by atoms with E-state index in [1.807, 2.05) is 60.7 Å². The molecular weight excluding hydrogens is 248 g/mol. The van der Waals surface area contributed by atoms with E-state index < -0.39 is 0 Å². The fraction of sp³-hybridized carbons (Fsp3) is 0. The molecule has 0 aliphatic rings. The largest absolute Gasteiger partial charge is 0.398 e. The lowest BCUT2D eigenvalue weighted by Crippen LogP contribution is -1.98. The van der Waals surface area contributed by atoms with Gasteiger partial charge in [-0.3, -0.25) is 0 Å². The summed E-state index contributed by atoms with van der Waals surface area (Å²) in [5.74, 6) is 0.553. The molecule has 0 atom stereocenters. The molecule has 20 heavy (non-hydrogen) atoms. The van der Waals surface area contributed by atoms with Crippen molar-refractivity contribution in [2.45, 2.75) is 0 Å². The molecule has 0 aliphatic carbocycles. The zero-order valence-corrected chi connectivity index (χ0v) is 10.8. The SMILES string of the molecule is Nc1ccccc1-c1ccnc(Nc2ccccc2)n1. The minimum atomic E-state index is 0.553. The highest BCUT2D eigenvalue weighted by molar-refractivity contribution is 5.74. The highest BCUT2D eigenvalue weighted by atomic mass is 15.1. The van der Waals surface area contributed by atoms with Crippen molar-refractivity contribution in [1.29, 1.82) is 0 Å². The second-order valence-corrected chi connectivity index (χ2v) is 4.34. The number of aromatic nitrogens is 2. The quantitative estimate of drug-likeness (QED) is 0.709. The Kier molecular flexibility index (Phi) is 3.29. The first-order valence-electron chi connectivity index (χ1n) is 6.33. The van der Waals surface area contributed by atoms with Gasteiger partial charge in [0.15, 0.2) is 0 Å². The van der Waals surface area contributed by atoms with Crippen LogP contribution in [0.15, 0.2) is 66.9 Å². The zero-order valence-electron chi connectivity index (χ0n) is 10.8. The van der Waals surface area contributed by atoms with Crippen LogP contribution >= 0.6 is 0 Å². The molecule has 0 saturated carbocycles. The molecule has 98 valence electrons. The van der Waals surface area contributed by atoms with Gasteiger partial charge in [-0.25, -0.2) is 9.97 Å². The van der Waals surface area contributed by atoms with E-state index in [2.05, 4.69) is 15.3 Å². The minimum absolute atomic E-state index is 0.553. The second kappa shape index (κ2) is 5.40. The summed E-state index contributed by atoms with van der Waals surface area (Å²) in [5, 5.41) is 3.17. The van der Waals surface area contributed by atoms with E-state index in [1.165, 1.54) is 0 Å². The van der Waals surface area contributed by atoms with Gasteiger partial charge in [0.1, 0.15) is 0 Å². The van der Waals surface area contributed by atoms with Crippen LogP contribution in [0.1, 0.15) is 0 Å². The van der Waals surface area contributed by atoms with E-state index in [4.69, 9.17) is 5.73 Å².